The summed E-state index contributed by atoms with van der Waals surface area (Å²) < 4.78 is 1.72. The summed E-state index contributed by atoms with van der Waals surface area (Å²) >= 11 is 0. The molecule has 0 atom stereocenters. The van der Waals surface area contributed by atoms with Crippen LogP contribution in [0.2, 0.25) is 0 Å². The smallest absolute Gasteiger partial charge is 0.113 e. The zero-order chi connectivity index (χ0) is 11.8. The molecule has 0 aliphatic heterocycles. The highest BCUT2D eigenvalue weighted by atomic mass is 16.3. The van der Waals surface area contributed by atoms with Crippen molar-refractivity contribution in [2.24, 2.45) is 0 Å². The number of fused-ring (bicyclic) bond motifs is 1. The SMILES string of the molecule is CC(C)(C)c1ccc2c(c1)nnn2CCO. The summed E-state index contributed by atoms with van der Waals surface area (Å²) in [7, 11) is 0. The van der Waals surface area contributed by atoms with Crippen LogP contribution in [0.3, 0.4) is 0 Å². The molecule has 0 spiro atoms. The van der Waals surface area contributed by atoms with Crippen LogP contribution in [0.5, 0.6) is 0 Å². The lowest BCUT2D eigenvalue weighted by atomic mass is 9.87. The fourth-order valence-electron chi connectivity index (χ4n) is 1.70. The Bertz CT molecular complexity index is 496. The Hall–Kier alpha value is -1.42. The molecule has 1 aromatic heterocycles. The summed E-state index contributed by atoms with van der Waals surface area (Å²) in [6.45, 7) is 7.09. The van der Waals surface area contributed by atoms with Gasteiger partial charge in [-0.1, -0.05) is 32.1 Å². The van der Waals surface area contributed by atoms with Crippen LogP contribution in [-0.4, -0.2) is 26.7 Å². The zero-order valence-electron chi connectivity index (χ0n) is 9.94. The second-order valence-electron chi connectivity index (χ2n) is 4.99. The van der Waals surface area contributed by atoms with Crippen LogP contribution >= 0.6 is 0 Å². The van der Waals surface area contributed by atoms with E-state index in [1.165, 1.54) is 5.56 Å². The second-order valence-corrected chi connectivity index (χ2v) is 4.99. The molecule has 0 saturated carbocycles. The number of aliphatic hydroxyl groups is 1. The molecule has 1 N–H and O–H groups in total. The topological polar surface area (TPSA) is 50.9 Å². The molecule has 16 heavy (non-hydrogen) atoms. The standard InChI is InChI=1S/C12H17N3O/c1-12(2,3)9-4-5-11-10(8-9)13-14-15(11)6-7-16/h4-5,8,16H,6-7H2,1-3H3. The third kappa shape index (κ3) is 1.93. The molecule has 86 valence electrons. The minimum absolute atomic E-state index is 0.0828. The van der Waals surface area contributed by atoms with Gasteiger partial charge in [0.1, 0.15) is 5.52 Å². The van der Waals surface area contributed by atoms with Gasteiger partial charge in [0.15, 0.2) is 0 Å². The molecule has 2 rings (SSSR count). The molecule has 1 aromatic carbocycles. The monoisotopic (exact) mass is 219 g/mol. The van der Waals surface area contributed by atoms with E-state index in [-0.39, 0.29) is 12.0 Å². The highest BCUT2D eigenvalue weighted by Gasteiger charge is 2.15. The van der Waals surface area contributed by atoms with E-state index in [2.05, 4.69) is 43.2 Å². The molecule has 0 amide bonds. The quantitative estimate of drug-likeness (QED) is 0.836. The molecule has 0 aliphatic carbocycles. The maximum atomic E-state index is 8.89. The molecular formula is C12H17N3O. The fourth-order valence-corrected chi connectivity index (χ4v) is 1.70. The molecular weight excluding hydrogens is 202 g/mol. The first-order chi connectivity index (χ1) is 7.52. The molecule has 1 heterocycles. The fraction of sp³-hybridized carbons (Fsp3) is 0.500. The van der Waals surface area contributed by atoms with Crippen molar-refractivity contribution in [3.63, 3.8) is 0 Å². The van der Waals surface area contributed by atoms with Gasteiger partial charge in [0.2, 0.25) is 0 Å². The largest absolute Gasteiger partial charge is 0.394 e. The van der Waals surface area contributed by atoms with Gasteiger partial charge in [-0.05, 0) is 23.1 Å². The lowest BCUT2D eigenvalue weighted by molar-refractivity contribution is 0.270. The third-order valence-electron chi connectivity index (χ3n) is 2.69. The molecule has 2 aromatic rings. The number of hydrogen-bond donors (Lipinski definition) is 1. The van der Waals surface area contributed by atoms with E-state index >= 15 is 0 Å². The minimum Gasteiger partial charge on any atom is -0.394 e. The highest BCUT2D eigenvalue weighted by Crippen LogP contribution is 2.24. The molecule has 0 fully saturated rings. The van der Waals surface area contributed by atoms with Crippen LogP contribution < -0.4 is 0 Å². The number of rotatable bonds is 2. The van der Waals surface area contributed by atoms with E-state index < -0.39 is 0 Å². The van der Waals surface area contributed by atoms with E-state index in [1.807, 2.05) is 6.07 Å². The van der Waals surface area contributed by atoms with Crippen molar-refractivity contribution in [1.29, 1.82) is 0 Å². The molecule has 4 heteroatoms. The second kappa shape index (κ2) is 3.87. The number of benzene rings is 1. The third-order valence-corrected chi connectivity index (χ3v) is 2.69. The van der Waals surface area contributed by atoms with Gasteiger partial charge in [0.25, 0.3) is 0 Å². The average molecular weight is 219 g/mol. The lowest BCUT2D eigenvalue weighted by Gasteiger charge is -2.18. The van der Waals surface area contributed by atoms with Gasteiger partial charge in [-0.2, -0.15) is 0 Å². The van der Waals surface area contributed by atoms with Gasteiger partial charge < -0.3 is 5.11 Å². The molecule has 0 radical (unpaired) electrons. The van der Waals surface area contributed by atoms with Gasteiger partial charge in [-0.25, -0.2) is 4.68 Å². The summed E-state index contributed by atoms with van der Waals surface area (Å²) in [6.07, 6.45) is 0. The van der Waals surface area contributed by atoms with Gasteiger partial charge in [-0.3, -0.25) is 0 Å². The Kier molecular flexibility index (Phi) is 2.68. The maximum Gasteiger partial charge on any atom is 0.113 e. The first-order valence-electron chi connectivity index (χ1n) is 5.47. The van der Waals surface area contributed by atoms with Crippen molar-refractivity contribution >= 4 is 11.0 Å². The predicted molar refractivity (Wildman–Crippen MR) is 63.3 cm³/mol. The van der Waals surface area contributed by atoms with Crippen molar-refractivity contribution < 1.29 is 5.11 Å². The van der Waals surface area contributed by atoms with Crippen LogP contribution in [0.4, 0.5) is 0 Å². The molecule has 0 aliphatic rings. The van der Waals surface area contributed by atoms with Crippen LogP contribution in [0.1, 0.15) is 26.3 Å². The van der Waals surface area contributed by atoms with E-state index in [4.69, 9.17) is 5.11 Å². The summed E-state index contributed by atoms with van der Waals surface area (Å²) in [6, 6.07) is 6.18. The summed E-state index contributed by atoms with van der Waals surface area (Å²) in [5.41, 5.74) is 3.23. The molecule has 0 unspecified atom stereocenters. The molecule has 0 saturated heterocycles. The number of hydrogen-bond acceptors (Lipinski definition) is 3. The Morgan fingerprint density at radius 3 is 2.69 bits per heavy atom. The summed E-state index contributed by atoms with van der Waals surface area (Å²) in [4.78, 5) is 0. The van der Waals surface area contributed by atoms with Crippen LogP contribution in [-0.2, 0) is 12.0 Å². The molecule has 0 bridgehead atoms. The van der Waals surface area contributed by atoms with Gasteiger partial charge in [0, 0.05) is 0 Å². The first kappa shape index (κ1) is 11.1. The maximum absolute atomic E-state index is 8.89. The Morgan fingerprint density at radius 1 is 1.31 bits per heavy atom. The highest BCUT2D eigenvalue weighted by molar-refractivity contribution is 5.75. The van der Waals surface area contributed by atoms with Gasteiger partial charge in [0.05, 0.1) is 18.7 Å². The van der Waals surface area contributed by atoms with Gasteiger partial charge >= 0.3 is 0 Å². The van der Waals surface area contributed by atoms with Crippen molar-refractivity contribution in [2.45, 2.75) is 32.7 Å². The van der Waals surface area contributed by atoms with E-state index in [1.54, 1.807) is 4.68 Å². The summed E-state index contributed by atoms with van der Waals surface area (Å²) in [5, 5.41) is 17.0. The Balaban J connectivity index is 2.49. The van der Waals surface area contributed by atoms with E-state index in [0.717, 1.165) is 11.0 Å². The van der Waals surface area contributed by atoms with Crippen LogP contribution in [0, 0.1) is 0 Å². The first-order valence-corrected chi connectivity index (χ1v) is 5.47. The normalized spacial score (nSPS) is 12.2. The number of aliphatic hydroxyl groups excluding tert-OH is 1. The number of nitrogens with zero attached hydrogens (tertiary/aromatic N) is 3. The predicted octanol–water partition coefficient (Wildman–Crippen LogP) is 1.72. The lowest BCUT2D eigenvalue weighted by Crippen LogP contribution is -2.10. The minimum atomic E-state index is 0.0828. The molecule has 4 nitrogen and oxygen atoms in total. The average Bonchev–Trinajstić information content (AvgIpc) is 2.60. The van der Waals surface area contributed by atoms with Crippen molar-refractivity contribution in [2.75, 3.05) is 6.61 Å². The Morgan fingerprint density at radius 2 is 2.06 bits per heavy atom. The Labute approximate surface area is 94.9 Å². The van der Waals surface area contributed by atoms with Crippen LogP contribution in [0.25, 0.3) is 11.0 Å². The van der Waals surface area contributed by atoms with E-state index in [9.17, 15) is 0 Å². The van der Waals surface area contributed by atoms with Crippen molar-refractivity contribution in [1.82, 2.24) is 15.0 Å². The summed E-state index contributed by atoms with van der Waals surface area (Å²) in [5.74, 6) is 0. The van der Waals surface area contributed by atoms with Crippen molar-refractivity contribution in [3.05, 3.63) is 23.8 Å². The van der Waals surface area contributed by atoms with Gasteiger partial charge in [-0.15, -0.1) is 5.10 Å². The zero-order valence-corrected chi connectivity index (χ0v) is 9.94. The van der Waals surface area contributed by atoms with Crippen LogP contribution in [0.15, 0.2) is 18.2 Å². The number of aromatic nitrogens is 3. The van der Waals surface area contributed by atoms with E-state index in [0.29, 0.717) is 6.54 Å². The van der Waals surface area contributed by atoms with Crippen molar-refractivity contribution in [3.8, 4) is 0 Å².